The van der Waals surface area contributed by atoms with Crippen LogP contribution < -0.4 is 5.32 Å². The Morgan fingerprint density at radius 3 is 2.52 bits per heavy atom. The number of rotatable bonds is 4. The summed E-state index contributed by atoms with van der Waals surface area (Å²) in [5.74, 6) is -0.699. The Morgan fingerprint density at radius 1 is 1.16 bits per heavy atom. The molecular weight excluding hydrogens is 351 g/mol. The van der Waals surface area contributed by atoms with Crippen molar-refractivity contribution in [2.45, 2.75) is 24.4 Å². The molecule has 1 aliphatic heterocycles. The number of benzene rings is 1. The van der Waals surface area contributed by atoms with Gasteiger partial charge in [-0.25, -0.2) is 0 Å². The smallest absolute Gasteiger partial charge is 0.381 e. The number of alkyl halides is 3. The molecule has 1 saturated heterocycles. The van der Waals surface area contributed by atoms with E-state index in [-0.39, 0.29) is 11.0 Å². The summed E-state index contributed by atoms with van der Waals surface area (Å²) in [5.41, 5.74) is -1.54. The lowest BCUT2D eigenvalue weighted by molar-refractivity contribution is -0.137. The molecule has 2 heterocycles. The molecular formula is C18H18F3NO2S. The number of thiophene rings is 1. The fourth-order valence-corrected chi connectivity index (χ4v) is 4.11. The largest absolute Gasteiger partial charge is 0.417 e. The molecule has 1 aromatic carbocycles. The molecule has 0 radical (unpaired) electrons. The van der Waals surface area contributed by atoms with Crippen LogP contribution in [-0.4, -0.2) is 25.7 Å². The number of carbonyl (C=O) groups is 1. The lowest BCUT2D eigenvalue weighted by Crippen LogP contribution is -2.44. The molecule has 0 unspecified atom stereocenters. The maximum Gasteiger partial charge on any atom is 0.417 e. The first-order valence-corrected chi connectivity index (χ1v) is 8.86. The molecule has 3 rings (SSSR count). The van der Waals surface area contributed by atoms with Crippen LogP contribution in [0.15, 0.2) is 41.8 Å². The summed E-state index contributed by atoms with van der Waals surface area (Å²) in [6.07, 6.45) is -3.10. The van der Waals surface area contributed by atoms with Crippen LogP contribution in [0.3, 0.4) is 0 Å². The summed E-state index contributed by atoms with van der Waals surface area (Å²) < 4.78 is 44.7. The molecule has 1 fully saturated rings. The lowest BCUT2D eigenvalue weighted by Gasteiger charge is -2.36. The Labute approximate surface area is 147 Å². The number of nitrogens with one attached hydrogen (secondary N) is 1. The zero-order valence-corrected chi connectivity index (χ0v) is 14.3. The summed E-state index contributed by atoms with van der Waals surface area (Å²) in [5, 5.41) is 4.69. The van der Waals surface area contributed by atoms with Crippen molar-refractivity contribution in [1.82, 2.24) is 5.32 Å². The van der Waals surface area contributed by atoms with Gasteiger partial charge in [-0.2, -0.15) is 13.2 Å². The van der Waals surface area contributed by atoms with Crippen LogP contribution >= 0.6 is 11.3 Å². The van der Waals surface area contributed by atoms with Gasteiger partial charge in [0.2, 0.25) is 0 Å². The Bertz CT molecular complexity index is 722. The molecule has 7 heteroatoms. The Balaban J connectivity index is 1.79. The van der Waals surface area contributed by atoms with Crippen molar-refractivity contribution in [2.24, 2.45) is 0 Å². The number of amides is 1. The second kappa shape index (κ2) is 7.17. The number of carbonyl (C=O) groups excluding carboxylic acids is 1. The van der Waals surface area contributed by atoms with Gasteiger partial charge in [0.15, 0.2) is 0 Å². The highest BCUT2D eigenvalue weighted by atomic mass is 32.1. The van der Waals surface area contributed by atoms with Crippen molar-refractivity contribution >= 4 is 17.2 Å². The van der Waals surface area contributed by atoms with E-state index in [1.54, 1.807) is 11.3 Å². The SMILES string of the molecule is O=C(NCC1(c2cccs2)CCOCC1)c1ccccc1C(F)(F)F. The van der Waals surface area contributed by atoms with E-state index in [0.717, 1.165) is 23.8 Å². The van der Waals surface area contributed by atoms with Gasteiger partial charge in [0.1, 0.15) is 0 Å². The average Bonchev–Trinajstić information content (AvgIpc) is 3.15. The van der Waals surface area contributed by atoms with Gasteiger partial charge in [-0.15, -0.1) is 11.3 Å². The van der Waals surface area contributed by atoms with Gasteiger partial charge in [0.25, 0.3) is 5.91 Å². The highest BCUT2D eigenvalue weighted by molar-refractivity contribution is 7.10. The predicted molar refractivity (Wildman–Crippen MR) is 89.8 cm³/mol. The number of hydrogen-bond donors (Lipinski definition) is 1. The maximum absolute atomic E-state index is 13.1. The fourth-order valence-electron chi connectivity index (χ4n) is 3.13. The Kier molecular flexibility index (Phi) is 5.15. The van der Waals surface area contributed by atoms with E-state index in [4.69, 9.17) is 4.74 Å². The maximum atomic E-state index is 13.1. The molecule has 1 aromatic heterocycles. The number of hydrogen-bond acceptors (Lipinski definition) is 3. The minimum Gasteiger partial charge on any atom is -0.381 e. The van der Waals surface area contributed by atoms with Gasteiger partial charge in [-0.3, -0.25) is 4.79 Å². The normalized spacial score (nSPS) is 17.2. The number of ether oxygens (including phenoxy) is 1. The van der Waals surface area contributed by atoms with Crippen LogP contribution in [-0.2, 0) is 16.3 Å². The lowest BCUT2D eigenvalue weighted by atomic mass is 9.78. The molecule has 0 aliphatic carbocycles. The molecule has 1 aliphatic rings. The summed E-state index contributed by atoms with van der Waals surface area (Å²) in [7, 11) is 0. The van der Waals surface area contributed by atoms with Crippen molar-refractivity contribution in [2.75, 3.05) is 19.8 Å². The fraction of sp³-hybridized carbons (Fsp3) is 0.389. The third-order valence-electron chi connectivity index (χ3n) is 4.56. The molecule has 3 nitrogen and oxygen atoms in total. The van der Waals surface area contributed by atoms with Gasteiger partial charge in [-0.1, -0.05) is 18.2 Å². The average molecular weight is 369 g/mol. The minimum absolute atomic E-state index is 0.282. The number of halogens is 3. The standard InChI is InChI=1S/C18H18F3NO2S/c19-18(20,21)14-5-2-1-4-13(14)16(23)22-12-17(7-9-24-10-8-17)15-6-3-11-25-15/h1-6,11H,7-10,12H2,(H,22,23). The van der Waals surface area contributed by atoms with Crippen molar-refractivity contribution in [3.63, 3.8) is 0 Å². The summed E-state index contributed by atoms with van der Waals surface area (Å²) in [6.45, 7) is 1.45. The van der Waals surface area contributed by atoms with Crippen LogP contribution in [0, 0.1) is 0 Å². The van der Waals surface area contributed by atoms with E-state index < -0.39 is 17.6 Å². The zero-order chi connectivity index (χ0) is 17.9. The third-order valence-corrected chi connectivity index (χ3v) is 5.67. The summed E-state index contributed by atoms with van der Waals surface area (Å²) in [6, 6.07) is 8.81. The quantitative estimate of drug-likeness (QED) is 0.875. The molecule has 2 aromatic rings. The summed E-state index contributed by atoms with van der Waals surface area (Å²) in [4.78, 5) is 13.6. The van der Waals surface area contributed by atoms with Crippen molar-refractivity contribution in [3.8, 4) is 0 Å². The topological polar surface area (TPSA) is 38.3 Å². The van der Waals surface area contributed by atoms with E-state index in [0.29, 0.717) is 19.8 Å². The first kappa shape index (κ1) is 17.9. The minimum atomic E-state index is -4.56. The molecule has 0 spiro atoms. The van der Waals surface area contributed by atoms with Crippen LogP contribution in [0.4, 0.5) is 13.2 Å². The van der Waals surface area contributed by atoms with Crippen molar-refractivity contribution in [3.05, 3.63) is 57.8 Å². The Hall–Kier alpha value is -1.86. The van der Waals surface area contributed by atoms with Crippen LogP contribution in [0.25, 0.3) is 0 Å². The monoisotopic (exact) mass is 369 g/mol. The van der Waals surface area contributed by atoms with Crippen molar-refractivity contribution < 1.29 is 22.7 Å². The zero-order valence-electron chi connectivity index (χ0n) is 13.4. The van der Waals surface area contributed by atoms with Gasteiger partial charge < -0.3 is 10.1 Å². The van der Waals surface area contributed by atoms with E-state index in [1.807, 2.05) is 17.5 Å². The predicted octanol–water partition coefficient (Wildman–Crippen LogP) is 4.25. The highest BCUT2D eigenvalue weighted by Crippen LogP contribution is 2.37. The van der Waals surface area contributed by atoms with Crippen LogP contribution in [0.2, 0.25) is 0 Å². The van der Waals surface area contributed by atoms with E-state index >= 15 is 0 Å². The van der Waals surface area contributed by atoms with Crippen LogP contribution in [0.5, 0.6) is 0 Å². The third kappa shape index (κ3) is 3.88. The van der Waals surface area contributed by atoms with Crippen LogP contribution in [0.1, 0.15) is 33.6 Å². The molecule has 1 N–H and O–H groups in total. The Morgan fingerprint density at radius 2 is 1.88 bits per heavy atom. The molecule has 25 heavy (non-hydrogen) atoms. The molecule has 0 atom stereocenters. The molecule has 0 saturated carbocycles. The molecule has 0 bridgehead atoms. The first-order valence-electron chi connectivity index (χ1n) is 7.99. The summed E-state index contributed by atoms with van der Waals surface area (Å²) >= 11 is 1.60. The highest BCUT2D eigenvalue weighted by Gasteiger charge is 2.38. The second-order valence-corrected chi connectivity index (χ2v) is 7.04. The van der Waals surface area contributed by atoms with Gasteiger partial charge >= 0.3 is 6.18 Å². The second-order valence-electron chi connectivity index (χ2n) is 6.10. The van der Waals surface area contributed by atoms with E-state index in [2.05, 4.69) is 5.32 Å². The van der Waals surface area contributed by atoms with Gasteiger partial charge in [0.05, 0.1) is 11.1 Å². The van der Waals surface area contributed by atoms with E-state index in [9.17, 15) is 18.0 Å². The first-order chi connectivity index (χ1) is 11.9. The molecule has 1 amide bonds. The van der Waals surface area contributed by atoms with Gasteiger partial charge in [0, 0.05) is 30.1 Å². The molecule has 134 valence electrons. The van der Waals surface area contributed by atoms with Crippen molar-refractivity contribution in [1.29, 1.82) is 0 Å². The van der Waals surface area contributed by atoms with Gasteiger partial charge in [-0.05, 0) is 36.4 Å². The van der Waals surface area contributed by atoms with E-state index in [1.165, 1.54) is 18.2 Å².